The summed E-state index contributed by atoms with van der Waals surface area (Å²) < 4.78 is 26.6. The molecule has 2 aromatic rings. The van der Waals surface area contributed by atoms with E-state index in [1.54, 1.807) is 12.1 Å². The summed E-state index contributed by atoms with van der Waals surface area (Å²) in [5.74, 6) is -0.859. The molecule has 104 valence electrons. The zero-order chi connectivity index (χ0) is 14.5. The standard InChI is InChI=1S/C14H11ClF2N2S/c15-10-5-7(1-4-11(10)17)14(19)9-3-2-8(16)6-12(9)20-13(14)18/h1-6,13H,18-19H2. The van der Waals surface area contributed by atoms with E-state index in [0.29, 0.717) is 10.5 Å². The molecule has 0 amide bonds. The van der Waals surface area contributed by atoms with Gasteiger partial charge in [-0.15, -0.1) is 11.8 Å². The average molecular weight is 313 g/mol. The van der Waals surface area contributed by atoms with Gasteiger partial charge in [0, 0.05) is 4.90 Å². The smallest absolute Gasteiger partial charge is 0.141 e. The van der Waals surface area contributed by atoms with E-state index in [0.717, 1.165) is 5.56 Å². The number of rotatable bonds is 1. The Kier molecular flexibility index (Phi) is 3.25. The highest BCUT2D eigenvalue weighted by molar-refractivity contribution is 8.00. The van der Waals surface area contributed by atoms with E-state index in [4.69, 9.17) is 23.1 Å². The number of hydrogen-bond donors (Lipinski definition) is 2. The molecule has 2 aromatic carbocycles. The molecular formula is C14H11ClF2N2S. The van der Waals surface area contributed by atoms with Crippen molar-refractivity contribution in [2.24, 2.45) is 11.5 Å². The fourth-order valence-electron chi connectivity index (χ4n) is 2.39. The van der Waals surface area contributed by atoms with Crippen molar-refractivity contribution < 1.29 is 8.78 Å². The van der Waals surface area contributed by atoms with Gasteiger partial charge in [0.05, 0.1) is 15.9 Å². The fraction of sp³-hybridized carbons (Fsp3) is 0.143. The van der Waals surface area contributed by atoms with Gasteiger partial charge in [-0.1, -0.05) is 23.7 Å². The maximum Gasteiger partial charge on any atom is 0.141 e. The van der Waals surface area contributed by atoms with Crippen LogP contribution in [0, 0.1) is 11.6 Å². The van der Waals surface area contributed by atoms with Crippen LogP contribution in [-0.4, -0.2) is 5.37 Å². The maximum atomic E-state index is 13.3. The van der Waals surface area contributed by atoms with Crippen molar-refractivity contribution in [1.82, 2.24) is 0 Å². The second kappa shape index (κ2) is 4.70. The first-order chi connectivity index (χ1) is 9.42. The number of nitrogens with two attached hydrogens (primary N) is 2. The minimum absolute atomic E-state index is 0.0138. The van der Waals surface area contributed by atoms with Crippen LogP contribution in [0.2, 0.25) is 5.02 Å². The normalized spacial score (nSPS) is 24.8. The lowest BCUT2D eigenvalue weighted by atomic mass is 9.84. The lowest BCUT2D eigenvalue weighted by Gasteiger charge is -2.30. The van der Waals surface area contributed by atoms with E-state index in [-0.39, 0.29) is 10.8 Å². The summed E-state index contributed by atoms with van der Waals surface area (Å²) >= 11 is 7.11. The first-order valence-electron chi connectivity index (χ1n) is 5.89. The Hall–Kier alpha value is -1.14. The molecule has 6 heteroatoms. The van der Waals surface area contributed by atoms with Crippen molar-refractivity contribution in [1.29, 1.82) is 0 Å². The maximum absolute atomic E-state index is 13.3. The van der Waals surface area contributed by atoms with Crippen LogP contribution in [0.25, 0.3) is 0 Å². The Labute approximate surface area is 124 Å². The molecule has 1 aliphatic rings. The fourth-order valence-corrected chi connectivity index (χ4v) is 3.84. The highest BCUT2D eigenvalue weighted by Gasteiger charge is 2.44. The molecule has 20 heavy (non-hydrogen) atoms. The van der Waals surface area contributed by atoms with Crippen molar-refractivity contribution in [3.05, 3.63) is 64.2 Å². The molecule has 2 atom stereocenters. The van der Waals surface area contributed by atoms with Crippen LogP contribution >= 0.6 is 23.4 Å². The Morgan fingerprint density at radius 2 is 1.90 bits per heavy atom. The number of benzene rings is 2. The lowest BCUT2D eigenvalue weighted by molar-refractivity contribution is 0.522. The molecule has 2 nitrogen and oxygen atoms in total. The zero-order valence-electron chi connectivity index (χ0n) is 10.2. The molecular weight excluding hydrogens is 302 g/mol. The molecule has 0 saturated heterocycles. The topological polar surface area (TPSA) is 52.0 Å². The van der Waals surface area contributed by atoms with Gasteiger partial charge < -0.3 is 11.5 Å². The Balaban J connectivity index is 2.19. The molecule has 0 fully saturated rings. The van der Waals surface area contributed by atoms with Gasteiger partial charge in [0.1, 0.15) is 11.6 Å². The number of thioether (sulfide) groups is 1. The van der Waals surface area contributed by atoms with Crippen molar-refractivity contribution in [3.8, 4) is 0 Å². The van der Waals surface area contributed by atoms with Gasteiger partial charge >= 0.3 is 0 Å². The third kappa shape index (κ3) is 1.93. The second-order valence-corrected chi connectivity index (χ2v) is 6.27. The van der Waals surface area contributed by atoms with Crippen molar-refractivity contribution in [2.75, 3.05) is 0 Å². The van der Waals surface area contributed by atoms with E-state index in [2.05, 4.69) is 0 Å². The summed E-state index contributed by atoms with van der Waals surface area (Å²) in [7, 11) is 0. The summed E-state index contributed by atoms with van der Waals surface area (Å²) in [4.78, 5) is 0.695. The summed E-state index contributed by atoms with van der Waals surface area (Å²) in [6.45, 7) is 0. The number of hydrogen-bond acceptors (Lipinski definition) is 3. The predicted molar refractivity (Wildman–Crippen MR) is 76.6 cm³/mol. The predicted octanol–water partition coefficient (Wildman–Crippen LogP) is 3.21. The molecule has 3 rings (SSSR count). The molecule has 4 N–H and O–H groups in total. The minimum atomic E-state index is -1.02. The van der Waals surface area contributed by atoms with Crippen molar-refractivity contribution in [2.45, 2.75) is 15.8 Å². The Bertz CT molecular complexity index is 695. The summed E-state index contributed by atoms with van der Waals surface area (Å²) in [6.07, 6.45) is 0. The molecule has 0 aliphatic carbocycles. The molecule has 0 spiro atoms. The van der Waals surface area contributed by atoms with Gasteiger partial charge in [0.15, 0.2) is 0 Å². The van der Waals surface area contributed by atoms with Gasteiger partial charge in [-0.25, -0.2) is 8.78 Å². The quantitative estimate of drug-likeness (QED) is 0.850. The molecule has 1 aliphatic heterocycles. The monoisotopic (exact) mass is 312 g/mol. The third-order valence-corrected chi connectivity index (χ3v) is 5.00. The number of fused-ring (bicyclic) bond motifs is 1. The van der Waals surface area contributed by atoms with Crippen LogP contribution in [0.15, 0.2) is 41.3 Å². The summed E-state index contributed by atoms with van der Waals surface area (Å²) in [5.41, 5.74) is 12.9. The highest BCUT2D eigenvalue weighted by atomic mass is 35.5. The van der Waals surface area contributed by atoms with E-state index in [9.17, 15) is 8.78 Å². The van der Waals surface area contributed by atoms with Crippen molar-refractivity contribution in [3.63, 3.8) is 0 Å². The molecule has 0 saturated carbocycles. The van der Waals surface area contributed by atoms with Crippen LogP contribution in [0.4, 0.5) is 8.78 Å². The molecule has 0 radical (unpaired) electrons. The molecule has 0 aromatic heterocycles. The molecule has 0 bridgehead atoms. The third-order valence-electron chi connectivity index (χ3n) is 3.49. The van der Waals surface area contributed by atoms with Crippen LogP contribution in [0.3, 0.4) is 0 Å². The van der Waals surface area contributed by atoms with Gasteiger partial charge in [-0.05, 0) is 35.4 Å². The zero-order valence-corrected chi connectivity index (χ0v) is 11.8. The molecule has 2 unspecified atom stereocenters. The first kappa shape index (κ1) is 13.8. The highest BCUT2D eigenvalue weighted by Crippen LogP contribution is 2.48. The van der Waals surface area contributed by atoms with Crippen LogP contribution in [-0.2, 0) is 5.54 Å². The van der Waals surface area contributed by atoms with Gasteiger partial charge in [0.2, 0.25) is 0 Å². The Morgan fingerprint density at radius 1 is 1.15 bits per heavy atom. The van der Waals surface area contributed by atoms with Crippen LogP contribution in [0.5, 0.6) is 0 Å². The Morgan fingerprint density at radius 3 is 2.60 bits per heavy atom. The van der Waals surface area contributed by atoms with Gasteiger partial charge in [-0.3, -0.25) is 0 Å². The van der Waals surface area contributed by atoms with E-state index in [1.165, 1.54) is 36.0 Å². The first-order valence-corrected chi connectivity index (χ1v) is 7.15. The lowest BCUT2D eigenvalue weighted by Crippen LogP contribution is -2.48. The SMILES string of the molecule is NC1Sc2cc(F)ccc2C1(N)c1ccc(F)c(Cl)c1. The number of halogens is 3. The van der Waals surface area contributed by atoms with E-state index >= 15 is 0 Å². The van der Waals surface area contributed by atoms with E-state index in [1.807, 2.05) is 0 Å². The minimum Gasteiger partial charge on any atom is -0.317 e. The largest absolute Gasteiger partial charge is 0.317 e. The van der Waals surface area contributed by atoms with Crippen LogP contribution < -0.4 is 11.5 Å². The average Bonchev–Trinajstić information content (AvgIpc) is 2.65. The summed E-state index contributed by atoms with van der Waals surface area (Å²) in [6, 6.07) is 8.63. The van der Waals surface area contributed by atoms with E-state index < -0.39 is 16.7 Å². The second-order valence-electron chi connectivity index (χ2n) is 4.68. The van der Waals surface area contributed by atoms with Gasteiger partial charge in [0.25, 0.3) is 0 Å². The summed E-state index contributed by atoms with van der Waals surface area (Å²) in [5, 5.41) is -0.513. The van der Waals surface area contributed by atoms with Gasteiger partial charge in [-0.2, -0.15) is 0 Å². The van der Waals surface area contributed by atoms with Crippen molar-refractivity contribution >= 4 is 23.4 Å². The molecule has 1 heterocycles. The van der Waals surface area contributed by atoms with Crippen LogP contribution in [0.1, 0.15) is 11.1 Å².